The first kappa shape index (κ1) is 15.6. The third kappa shape index (κ3) is 2.52. The van der Waals surface area contributed by atoms with E-state index in [4.69, 9.17) is 0 Å². The topological polar surface area (TPSA) is 51.0 Å². The molecule has 0 radical (unpaired) electrons. The molecule has 1 aliphatic heterocycles. The van der Waals surface area contributed by atoms with E-state index in [9.17, 15) is 4.79 Å². The molecular weight excluding hydrogens is 312 g/mol. The van der Waals surface area contributed by atoms with Crippen LogP contribution in [0.1, 0.15) is 41.4 Å². The Morgan fingerprint density at radius 2 is 2.00 bits per heavy atom. The highest BCUT2D eigenvalue weighted by atomic mass is 16.2. The van der Waals surface area contributed by atoms with Gasteiger partial charge in [-0.15, -0.1) is 0 Å². The number of benzene rings is 1. The minimum absolute atomic E-state index is 0.0100. The predicted molar refractivity (Wildman–Crippen MR) is 97.3 cm³/mol. The molecule has 0 bridgehead atoms. The fourth-order valence-electron chi connectivity index (χ4n) is 3.53. The smallest absolute Gasteiger partial charge is 0.261 e. The van der Waals surface area contributed by atoms with Gasteiger partial charge >= 0.3 is 0 Å². The maximum absolute atomic E-state index is 13.2. The quantitative estimate of drug-likeness (QED) is 0.736. The van der Waals surface area contributed by atoms with Gasteiger partial charge in [-0.1, -0.05) is 38.1 Å². The number of hydrogen-bond acceptors (Lipinski definition) is 3. The van der Waals surface area contributed by atoms with Crippen molar-refractivity contribution in [2.24, 2.45) is 0 Å². The van der Waals surface area contributed by atoms with Crippen LogP contribution in [0.3, 0.4) is 0 Å². The Morgan fingerprint density at radius 3 is 2.76 bits per heavy atom. The SMILES string of the molecule is CCc1c(C(=O)N2C[C@@H](C)c3ccccc32)cnn1-c1ccccn1. The maximum Gasteiger partial charge on any atom is 0.261 e. The van der Waals surface area contributed by atoms with Gasteiger partial charge < -0.3 is 4.90 Å². The molecule has 0 unspecified atom stereocenters. The molecule has 1 amide bonds. The Kier molecular flexibility index (Phi) is 3.84. The lowest BCUT2D eigenvalue weighted by Crippen LogP contribution is -2.30. The normalized spacial score (nSPS) is 16.1. The van der Waals surface area contributed by atoms with E-state index in [2.05, 4.69) is 23.1 Å². The van der Waals surface area contributed by atoms with Gasteiger partial charge in [0.05, 0.1) is 17.5 Å². The second kappa shape index (κ2) is 6.16. The van der Waals surface area contributed by atoms with Crippen molar-refractivity contribution < 1.29 is 4.79 Å². The van der Waals surface area contributed by atoms with E-state index in [1.54, 1.807) is 17.1 Å². The third-order valence-corrected chi connectivity index (χ3v) is 4.76. The first-order chi connectivity index (χ1) is 12.2. The fourth-order valence-corrected chi connectivity index (χ4v) is 3.53. The maximum atomic E-state index is 13.2. The highest BCUT2D eigenvalue weighted by molar-refractivity contribution is 6.08. The number of aromatic nitrogens is 3. The molecule has 1 aliphatic rings. The molecule has 126 valence electrons. The molecule has 0 saturated heterocycles. The van der Waals surface area contributed by atoms with Crippen LogP contribution in [0.5, 0.6) is 0 Å². The van der Waals surface area contributed by atoms with E-state index >= 15 is 0 Å². The Morgan fingerprint density at radius 1 is 1.20 bits per heavy atom. The summed E-state index contributed by atoms with van der Waals surface area (Å²) in [6.45, 7) is 4.90. The molecule has 3 heterocycles. The highest BCUT2D eigenvalue weighted by Crippen LogP contribution is 2.36. The summed E-state index contributed by atoms with van der Waals surface area (Å²) in [6, 6.07) is 13.8. The zero-order chi connectivity index (χ0) is 17.4. The molecule has 5 nitrogen and oxygen atoms in total. The van der Waals surface area contributed by atoms with E-state index in [0.29, 0.717) is 24.4 Å². The average molecular weight is 332 g/mol. The monoisotopic (exact) mass is 332 g/mol. The number of hydrogen-bond donors (Lipinski definition) is 0. The molecule has 0 N–H and O–H groups in total. The van der Waals surface area contributed by atoms with Gasteiger partial charge in [0.1, 0.15) is 0 Å². The van der Waals surface area contributed by atoms with Gasteiger partial charge in [0.15, 0.2) is 5.82 Å². The van der Waals surface area contributed by atoms with Gasteiger partial charge in [0.25, 0.3) is 5.91 Å². The second-order valence-corrected chi connectivity index (χ2v) is 6.33. The molecule has 0 fully saturated rings. The largest absolute Gasteiger partial charge is 0.307 e. The van der Waals surface area contributed by atoms with Crippen LogP contribution in [0.15, 0.2) is 54.9 Å². The average Bonchev–Trinajstić information content (AvgIpc) is 3.24. The number of carbonyl (C=O) groups is 1. The number of fused-ring (bicyclic) bond motifs is 1. The molecule has 0 saturated carbocycles. The summed E-state index contributed by atoms with van der Waals surface area (Å²) in [5.41, 5.74) is 3.77. The summed E-state index contributed by atoms with van der Waals surface area (Å²) in [4.78, 5) is 19.5. The van der Waals surface area contributed by atoms with Crippen LogP contribution < -0.4 is 4.90 Å². The summed E-state index contributed by atoms with van der Waals surface area (Å²) < 4.78 is 1.76. The van der Waals surface area contributed by atoms with Crippen molar-refractivity contribution >= 4 is 11.6 Å². The molecule has 0 spiro atoms. The third-order valence-electron chi connectivity index (χ3n) is 4.76. The van der Waals surface area contributed by atoms with Crippen molar-refractivity contribution in [3.05, 3.63) is 71.7 Å². The summed E-state index contributed by atoms with van der Waals surface area (Å²) in [5.74, 6) is 1.08. The number of pyridine rings is 1. The Bertz CT molecular complexity index is 916. The summed E-state index contributed by atoms with van der Waals surface area (Å²) in [7, 11) is 0. The van der Waals surface area contributed by atoms with Crippen molar-refractivity contribution in [2.75, 3.05) is 11.4 Å². The van der Waals surface area contributed by atoms with Gasteiger partial charge in [-0.3, -0.25) is 4.79 Å². The molecule has 25 heavy (non-hydrogen) atoms. The number of para-hydroxylation sites is 1. The van der Waals surface area contributed by atoms with E-state index < -0.39 is 0 Å². The lowest BCUT2D eigenvalue weighted by molar-refractivity contribution is 0.0987. The van der Waals surface area contributed by atoms with Crippen molar-refractivity contribution in [2.45, 2.75) is 26.2 Å². The van der Waals surface area contributed by atoms with Crippen LogP contribution in [0.4, 0.5) is 5.69 Å². The Labute approximate surface area is 146 Å². The van der Waals surface area contributed by atoms with Crippen LogP contribution in [0, 0.1) is 0 Å². The number of rotatable bonds is 3. The summed E-state index contributed by atoms with van der Waals surface area (Å²) in [5, 5.41) is 4.43. The lowest BCUT2D eigenvalue weighted by Gasteiger charge is -2.17. The van der Waals surface area contributed by atoms with Crippen molar-refractivity contribution in [1.82, 2.24) is 14.8 Å². The van der Waals surface area contributed by atoms with Crippen LogP contribution in [-0.2, 0) is 6.42 Å². The second-order valence-electron chi connectivity index (χ2n) is 6.33. The summed E-state index contributed by atoms with van der Waals surface area (Å²) in [6.07, 6.45) is 4.11. The molecule has 3 aromatic rings. The fraction of sp³-hybridized carbons (Fsp3) is 0.250. The minimum Gasteiger partial charge on any atom is -0.307 e. The van der Waals surface area contributed by atoms with Crippen molar-refractivity contribution in [3.8, 4) is 5.82 Å². The van der Waals surface area contributed by atoms with E-state index in [0.717, 1.165) is 17.2 Å². The highest BCUT2D eigenvalue weighted by Gasteiger charge is 2.32. The molecule has 4 rings (SSSR count). The molecule has 1 aromatic carbocycles. The van der Waals surface area contributed by atoms with Gasteiger partial charge in [-0.2, -0.15) is 5.10 Å². The minimum atomic E-state index is 0.0100. The molecule has 1 atom stereocenters. The summed E-state index contributed by atoms with van der Waals surface area (Å²) >= 11 is 0. The molecule has 0 aliphatic carbocycles. The van der Waals surface area contributed by atoms with E-state index in [1.807, 2.05) is 48.2 Å². The van der Waals surface area contributed by atoms with Crippen LogP contribution in [0.2, 0.25) is 0 Å². The zero-order valence-electron chi connectivity index (χ0n) is 14.4. The standard InChI is InChI=1S/C20H20N4O/c1-3-17-16(12-22-24(17)19-10-6-7-11-21-19)20(25)23-13-14(2)15-8-4-5-9-18(15)23/h4-12,14H,3,13H2,1-2H3/t14-/m1/s1. The van der Waals surface area contributed by atoms with Crippen molar-refractivity contribution in [1.29, 1.82) is 0 Å². The zero-order valence-corrected chi connectivity index (χ0v) is 14.4. The van der Waals surface area contributed by atoms with E-state index in [-0.39, 0.29) is 5.91 Å². The van der Waals surface area contributed by atoms with Crippen LogP contribution in [-0.4, -0.2) is 27.2 Å². The Hall–Kier alpha value is -2.95. The van der Waals surface area contributed by atoms with Crippen LogP contribution >= 0.6 is 0 Å². The predicted octanol–water partition coefficient (Wildman–Crippen LogP) is 3.59. The number of carbonyl (C=O) groups excluding carboxylic acids is 1. The first-order valence-electron chi connectivity index (χ1n) is 8.59. The molecular formula is C20H20N4O. The van der Waals surface area contributed by atoms with Crippen LogP contribution in [0.25, 0.3) is 5.82 Å². The lowest BCUT2D eigenvalue weighted by atomic mass is 10.0. The molecule has 5 heteroatoms. The van der Waals surface area contributed by atoms with Gasteiger partial charge in [-0.05, 0) is 30.2 Å². The Balaban J connectivity index is 1.74. The first-order valence-corrected chi connectivity index (χ1v) is 8.59. The number of anilines is 1. The number of nitrogens with zero attached hydrogens (tertiary/aromatic N) is 4. The van der Waals surface area contributed by atoms with E-state index in [1.165, 1.54) is 5.56 Å². The van der Waals surface area contributed by atoms with Gasteiger partial charge in [0, 0.05) is 24.3 Å². The van der Waals surface area contributed by atoms with Crippen molar-refractivity contribution in [3.63, 3.8) is 0 Å². The number of amides is 1. The van der Waals surface area contributed by atoms with Gasteiger partial charge in [0.2, 0.25) is 0 Å². The van der Waals surface area contributed by atoms with Gasteiger partial charge in [-0.25, -0.2) is 9.67 Å². The molecule has 2 aromatic heterocycles.